The van der Waals surface area contributed by atoms with Crippen molar-refractivity contribution in [2.24, 2.45) is 5.92 Å². The molecule has 2 saturated heterocycles. The highest BCUT2D eigenvalue weighted by Crippen LogP contribution is 2.21. The van der Waals surface area contributed by atoms with Crippen LogP contribution in [0.1, 0.15) is 28.8 Å². The minimum atomic E-state index is -3.06. The van der Waals surface area contributed by atoms with E-state index in [0.717, 1.165) is 5.56 Å². The number of nitrogens with zero attached hydrogens (tertiary/aromatic N) is 2. The van der Waals surface area contributed by atoms with Gasteiger partial charge in [0.25, 0.3) is 5.91 Å². The Morgan fingerprint density at radius 3 is 2.48 bits per heavy atom. The van der Waals surface area contributed by atoms with E-state index >= 15 is 0 Å². The second-order valence-corrected chi connectivity index (χ2v) is 9.17. The molecule has 3 rings (SSSR count). The van der Waals surface area contributed by atoms with Crippen LogP contribution in [0.2, 0.25) is 0 Å². The molecule has 0 radical (unpaired) electrons. The first-order valence-corrected chi connectivity index (χ1v) is 10.5. The lowest BCUT2D eigenvalue weighted by Crippen LogP contribution is -2.40. The van der Waals surface area contributed by atoms with Crippen LogP contribution in [-0.2, 0) is 14.6 Å². The molecule has 1 unspecified atom stereocenters. The molecule has 0 aliphatic carbocycles. The van der Waals surface area contributed by atoms with E-state index in [0.29, 0.717) is 44.6 Å². The molecule has 0 bridgehead atoms. The summed E-state index contributed by atoms with van der Waals surface area (Å²) in [6.07, 6.45) is 1.13. The molecule has 0 saturated carbocycles. The van der Waals surface area contributed by atoms with Gasteiger partial charge in [0.1, 0.15) is 0 Å². The maximum absolute atomic E-state index is 12.7. The Labute approximate surface area is 148 Å². The van der Waals surface area contributed by atoms with Crippen molar-refractivity contribution in [1.29, 1.82) is 0 Å². The van der Waals surface area contributed by atoms with Crippen LogP contribution in [-0.4, -0.2) is 67.7 Å². The van der Waals surface area contributed by atoms with E-state index in [1.807, 2.05) is 31.2 Å². The molecular weight excluding hydrogens is 340 g/mol. The van der Waals surface area contributed by atoms with Crippen LogP contribution in [0, 0.1) is 12.8 Å². The van der Waals surface area contributed by atoms with Gasteiger partial charge in [0, 0.05) is 31.7 Å². The molecule has 0 aromatic heterocycles. The SMILES string of the molecule is Cc1cccc(C(=O)N2CCCN(C(=O)C3CCS(=O)(=O)C3)CC2)c1. The fraction of sp³-hybridized carbons (Fsp3) is 0.556. The summed E-state index contributed by atoms with van der Waals surface area (Å²) >= 11 is 0. The zero-order valence-electron chi connectivity index (χ0n) is 14.5. The first kappa shape index (κ1) is 17.9. The molecule has 6 nitrogen and oxygen atoms in total. The van der Waals surface area contributed by atoms with Gasteiger partial charge in [-0.2, -0.15) is 0 Å². The van der Waals surface area contributed by atoms with Crippen LogP contribution in [0.4, 0.5) is 0 Å². The zero-order chi connectivity index (χ0) is 18.0. The molecule has 7 heteroatoms. The zero-order valence-corrected chi connectivity index (χ0v) is 15.3. The Balaban J connectivity index is 1.62. The van der Waals surface area contributed by atoms with Gasteiger partial charge in [-0.1, -0.05) is 17.7 Å². The molecule has 1 aromatic rings. The van der Waals surface area contributed by atoms with Gasteiger partial charge in [0.15, 0.2) is 9.84 Å². The number of carbonyl (C=O) groups is 2. The maximum atomic E-state index is 12.7. The fourth-order valence-corrected chi connectivity index (χ4v) is 5.28. The molecule has 0 spiro atoms. The van der Waals surface area contributed by atoms with Crippen LogP contribution < -0.4 is 0 Å². The van der Waals surface area contributed by atoms with Gasteiger partial charge in [0.2, 0.25) is 5.91 Å². The van der Waals surface area contributed by atoms with Crippen molar-refractivity contribution < 1.29 is 18.0 Å². The lowest BCUT2D eigenvalue weighted by Gasteiger charge is -2.24. The molecule has 136 valence electrons. The number of amides is 2. The van der Waals surface area contributed by atoms with Gasteiger partial charge >= 0.3 is 0 Å². The summed E-state index contributed by atoms with van der Waals surface area (Å²) in [5.74, 6) is -0.430. The second-order valence-electron chi connectivity index (χ2n) is 6.94. The quantitative estimate of drug-likeness (QED) is 0.788. The largest absolute Gasteiger partial charge is 0.341 e. The van der Waals surface area contributed by atoms with Crippen molar-refractivity contribution in [2.75, 3.05) is 37.7 Å². The van der Waals surface area contributed by atoms with Crippen LogP contribution >= 0.6 is 0 Å². The monoisotopic (exact) mass is 364 g/mol. The highest BCUT2D eigenvalue weighted by Gasteiger charge is 2.36. The van der Waals surface area contributed by atoms with E-state index in [1.54, 1.807) is 9.80 Å². The molecule has 2 fully saturated rings. The molecule has 1 aromatic carbocycles. The Bertz CT molecular complexity index is 775. The number of hydrogen-bond acceptors (Lipinski definition) is 4. The summed E-state index contributed by atoms with van der Waals surface area (Å²) in [7, 11) is -3.06. The second kappa shape index (κ2) is 7.15. The van der Waals surface area contributed by atoms with E-state index < -0.39 is 15.8 Å². The fourth-order valence-electron chi connectivity index (χ4n) is 3.55. The summed E-state index contributed by atoms with van der Waals surface area (Å²) in [5.41, 5.74) is 1.71. The van der Waals surface area contributed by atoms with Crippen molar-refractivity contribution in [2.45, 2.75) is 19.8 Å². The molecular formula is C18H24N2O4S. The minimum Gasteiger partial charge on any atom is -0.341 e. The summed E-state index contributed by atoms with van der Waals surface area (Å²) in [5, 5.41) is 0. The Morgan fingerprint density at radius 2 is 1.80 bits per heavy atom. The number of aryl methyl sites for hydroxylation is 1. The third-order valence-corrected chi connectivity index (χ3v) is 6.71. The number of sulfone groups is 1. The molecule has 2 aliphatic heterocycles. The average molecular weight is 364 g/mol. The van der Waals surface area contributed by atoms with Crippen molar-refractivity contribution >= 4 is 21.7 Å². The van der Waals surface area contributed by atoms with Crippen molar-refractivity contribution in [3.05, 3.63) is 35.4 Å². The smallest absolute Gasteiger partial charge is 0.253 e. The molecule has 25 heavy (non-hydrogen) atoms. The van der Waals surface area contributed by atoms with Gasteiger partial charge in [0.05, 0.1) is 17.4 Å². The summed E-state index contributed by atoms with van der Waals surface area (Å²) in [6.45, 7) is 4.09. The van der Waals surface area contributed by atoms with E-state index in [-0.39, 0.29) is 23.3 Å². The Hall–Kier alpha value is -1.89. The normalized spacial score (nSPS) is 23.3. The van der Waals surface area contributed by atoms with E-state index in [1.165, 1.54) is 0 Å². The highest BCUT2D eigenvalue weighted by molar-refractivity contribution is 7.91. The molecule has 2 aliphatic rings. The number of hydrogen-bond donors (Lipinski definition) is 0. The molecule has 2 amide bonds. The van der Waals surface area contributed by atoms with E-state index in [2.05, 4.69) is 0 Å². The molecule has 1 atom stereocenters. The first-order chi connectivity index (χ1) is 11.9. The van der Waals surface area contributed by atoms with Crippen LogP contribution in [0.25, 0.3) is 0 Å². The summed E-state index contributed by atoms with van der Waals surface area (Å²) in [4.78, 5) is 28.8. The number of benzene rings is 1. The number of rotatable bonds is 2. The predicted molar refractivity (Wildman–Crippen MR) is 95.0 cm³/mol. The number of carbonyl (C=O) groups excluding carboxylic acids is 2. The minimum absolute atomic E-state index is 0.0126. The van der Waals surface area contributed by atoms with Crippen molar-refractivity contribution in [1.82, 2.24) is 9.80 Å². The van der Waals surface area contributed by atoms with Gasteiger partial charge in [-0.05, 0) is 31.9 Å². The average Bonchev–Trinajstić information content (AvgIpc) is 2.80. The third-order valence-electron chi connectivity index (χ3n) is 4.94. The van der Waals surface area contributed by atoms with Gasteiger partial charge < -0.3 is 9.80 Å². The first-order valence-electron chi connectivity index (χ1n) is 8.71. The topological polar surface area (TPSA) is 74.8 Å². The standard InChI is InChI=1S/C18H24N2O4S/c1-14-4-2-5-15(12-14)17(21)19-7-3-8-20(10-9-19)18(22)16-6-11-25(23,24)13-16/h2,4-5,12,16H,3,6-11,13H2,1H3. The summed E-state index contributed by atoms with van der Waals surface area (Å²) < 4.78 is 23.2. The van der Waals surface area contributed by atoms with Crippen LogP contribution in [0.15, 0.2) is 24.3 Å². The van der Waals surface area contributed by atoms with Gasteiger partial charge in [-0.3, -0.25) is 9.59 Å². The maximum Gasteiger partial charge on any atom is 0.253 e. The summed E-state index contributed by atoms with van der Waals surface area (Å²) in [6, 6.07) is 7.51. The van der Waals surface area contributed by atoms with Gasteiger partial charge in [-0.15, -0.1) is 0 Å². The predicted octanol–water partition coefficient (Wildman–Crippen LogP) is 1.10. The van der Waals surface area contributed by atoms with Crippen LogP contribution in [0.5, 0.6) is 0 Å². The molecule has 2 heterocycles. The third kappa shape index (κ3) is 4.21. The van der Waals surface area contributed by atoms with Crippen molar-refractivity contribution in [3.63, 3.8) is 0 Å². The van der Waals surface area contributed by atoms with Crippen LogP contribution in [0.3, 0.4) is 0 Å². The lowest BCUT2D eigenvalue weighted by molar-refractivity contribution is -0.134. The van der Waals surface area contributed by atoms with Gasteiger partial charge in [-0.25, -0.2) is 8.42 Å². The Morgan fingerprint density at radius 1 is 1.08 bits per heavy atom. The van der Waals surface area contributed by atoms with Crippen molar-refractivity contribution in [3.8, 4) is 0 Å². The molecule has 0 N–H and O–H groups in total. The highest BCUT2D eigenvalue weighted by atomic mass is 32.2. The lowest BCUT2D eigenvalue weighted by atomic mass is 10.1. The van der Waals surface area contributed by atoms with E-state index in [9.17, 15) is 18.0 Å². The Kier molecular flexibility index (Phi) is 5.13. The van der Waals surface area contributed by atoms with E-state index in [4.69, 9.17) is 0 Å².